The monoisotopic (exact) mass is 229 g/mol. The number of ether oxygens (including phenoxy) is 2. The number of hydrogen-bond donors (Lipinski definition) is 1. The summed E-state index contributed by atoms with van der Waals surface area (Å²) in [6.45, 7) is 5.91. The van der Waals surface area contributed by atoms with Gasteiger partial charge in [0, 0.05) is 12.6 Å². The molecule has 94 valence electrons. The lowest BCUT2D eigenvalue weighted by Gasteiger charge is -2.27. The average molecular weight is 229 g/mol. The van der Waals surface area contributed by atoms with E-state index in [1.165, 1.54) is 0 Å². The topological polar surface area (TPSA) is 47.6 Å². The van der Waals surface area contributed by atoms with Crippen LogP contribution in [-0.4, -0.2) is 37.9 Å². The van der Waals surface area contributed by atoms with E-state index in [-0.39, 0.29) is 12.0 Å². The SMILES string of the molecule is CCCC(NC1CCCOC1)C(=O)OCC. The van der Waals surface area contributed by atoms with E-state index < -0.39 is 0 Å². The first-order valence-electron chi connectivity index (χ1n) is 6.28. The highest BCUT2D eigenvalue weighted by atomic mass is 16.5. The molecule has 1 rings (SSSR count). The van der Waals surface area contributed by atoms with Crippen molar-refractivity contribution in [2.45, 2.75) is 51.6 Å². The van der Waals surface area contributed by atoms with Crippen LogP contribution in [0, 0.1) is 0 Å². The van der Waals surface area contributed by atoms with E-state index in [1.807, 2.05) is 6.92 Å². The summed E-state index contributed by atoms with van der Waals surface area (Å²) in [4.78, 5) is 11.7. The van der Waals surface area contributed by atoms with Gasteiger partial charge in [0.15, 0.2) is 0 Å². The van der Waals surface area contributed by atoms with Gasteiger partial charge in [-0.05, 0) is 26.2 Å². The lowest BCUT2D eigenvalue weighted by atomic mass is 10.1. The Hall–Kier alpha value is -0.610. The lowest BCUT2D eigenvalue weighted by molar-refractivity contribution is -0.146. The third-order valence-corrected chi connectivity index (χ3v) is 2.75. The maximum Gasteiger partial charge on any atom is 0.323 e. The van der Waals surface area contributed by atoms with E-state index >= 15 is 0 Å². The summed E-state index contributed by atoms with van der Waals surface area (Å²) in [6, 6.07) is 0.131. The van der Waals surface area contributed by atoms with Crippen LogP contribution in [0.2, 0.25) is 0 Å². The van der Waals surface area contributed by atoms with Crippen molar-refractivity contribution in [3.8, 4) is 0 Å². The normalized spacial score (nSPS) is 22.8. The van der Waals surface area contributed by atoms with Crippen molar-refractivity contribution < 1.29 is 14.3 Å². The molecular weight excluding hydrogens is 206 g/mol. The van der Waals surface area contributed by atoms with E-state index in [4.69, 9.17) is 9.47 Å². The molecule has 2 atom stereocenters. The lowest BCUT2D eigenvalue weighted by Crippen LogP contribution is -2.47. The summed E-state index contributed by atoms with van der Waals surface area (Å²) >= 11 is 0. The average Bonchev–Trinajstić information content (AvgIpc) is 2.30. The van der Waals surface area contributed by atoms with Crippen LogP contribution in [0.3, 0.4) is 0 Å². The molecule has 0 bridgehead atoms. The first-order chi connectivity index (χ1) is 7.77. The summed E-state index contributed by atoms with van der Waals surface area (Å²) in [5, 5.41) is 3.34. The van der Waals surface area contributed by atoms with Gasteiger partial charge >= 0.3 is 5.97 Å². The van der Waals surface area contributed by atoms with Gasteiger partial charge in [-0.1, -0.05) is 13.3 Å². The standard InChI is InChI=1S/C12H23NO3/c1-3-6-11(12(14)16-4-2)13-10-7-5-8-15-9-10/h10-11,13H,3-9H2,1-2H3. The number of hydrogen-bond acceptors (Lipinski definition) is 4. The molecule has 1 aliphatic rings. The number of nitrogens with one attached hydrogen (secondary N) is 1. The van der Waals surface area contributed by atoms with Crippen LogP contribution in [0.5, 0.6) is 0 Å². The molecule has 4 nitrogen and oxygen atoms in total. The Morgan fingerprint density at radius 1 is 1.56 bits per heavy atom. The molecule has 16 heavy (non-hydrogen) atoms. The Bertz CT molecular complexity index is 202. The smallest absolute Gasteiger partial charge is 0.323 e. The third kappa shape index (κ3) is 4.49. The van der Waals surface area contributed by atoms with Gasteiger partial charge in [-0.3, -0.25) is 10.1 Å². The Balaban J connectivity index is 2.39. The van der Waals surface area contributed by atoms with Gasteiger partial charge in [-0.2, -0.15) is 0 Å². The fraction of sp³-hybridized carbons (Fsp3) is 0.917. The molecule has 0 aromatic carbocycles. The quantitative estimate of drug-likeness (QED) is 0.701. The maximum atomic E-state index is 11.7. The highest BCUT2D eigenvalue weighted by molar-refractivity contribution is 5.75. The van der Waals surface area contributed by atoms with Crippen LogP contribution in [0.15, 0.2) is 0 Å². The minimum absolute atomic E-state index is 0.130. The first kappa shape index (κ1) is 13.5. The zero-order valence-corrected chi connectivity index (χ0v) is 10.3. The van der Waals surface area contributed by atoms with Crippen molar-refractivity contribution in [3.63, 3.8) is 0 Å². The van der Waals surface area contributed by atoms with Crippen molar-refractivity contribution in [3.05, 3.63) is 0 Å². The Morgan fingerprint density at radius 2 is 2.38 bits per heavy atom. The molecular formula is C12H23NO3. The minimum Gasteiger partial charge on any atom is -0.465 e. The van der Waals surface area contributed by atoms with Crippen LogP contribution in [0.1, 0.15) is 39.5 Å². The molecule has 0 aliphatic carbocycles. The fourth-order valence-corrected chi connectivity index (χ4v) is 1.96. The Labute approximate surface area is 97.7 Å². The molecule has 2 unspecified atom stereocenters. The third-order valence-electron chi connectivity index (χ3n) is 2.75. The van der Waals surface area contributed by atoms with E-state index in [0.29, 0.717) is 19.3 Å². The molecule has 1 N–H and O–H groups in total. The zero-order valence-electron chi connectivity index (χ0n) is 10.3. The molecule has 0 amide bonds. The van der Waals surface area contributed by atoms with Crippen LogP contribution in [0.4, 0.5) is 0 Å². The molecule has 1 saturated heterocycles. The van der Waals surface area contributed by atoms with E-state index in [2.05, 4.69) is 12.2 Å². The number of rotatable bonds is 6. The molecule has 1 aliphatic heterocycles. The van der Waals surface area contributed by atoms with Gasteiger partial charge in [0.2, 0.25) is 0 Å². The van der Waals surface area contributed by atoms with Gasteiger partial charge in [-0.25, -0.2) is 0 Å². The number of esters is 1. The second-order valence-corrected chi connectivity index (χ2v) is 4.17. The molecule has 0 spiro atoms. The molecule has 4 heteroatoms. The van der Waals surface area contributed by atoms with Crippen molar-refractivity contribution in [1.82, 2.24) is 5.32 Å². The number of carbonyl (C=O) groups is 1. The summed E-state index contributed by atoms with van der Waals surface area (Å²) in [5.41, 5.74) is 0. The molecule has 1 heterocycles. The number of carbonyl (C=O) groups excluding carboxylic acids is 1. The van der Waals surface area contributed by atoms with Crippen molar-refractivity contribution in [2.24, 2.45) is 0 Å². The van der Waals surface area contributed by atoms with Gasteiger partial charge in [0.25, 0.3) is 0 Å². The van der Waals surface area contributed by atoms with Gasteiger partial charge in [0.1, 0.15) is 6.04 Å². The van der Waals surface area contributed by atoms with Crippen LogP contribution >= 0.6 is 0 Å². The largest absolute Gasteiger partial charge is 0.465 e. The molecule has 0 aromatic heterocycles. The Morgan fingerprint density at radius 3 is 2.94 bits per heavy atom. The Kier molecular flexibility index (Phi) is 6.42. The second-order valence-electron chi connectivity index (χ2n) is 4.17. The first-order valence-corrected chi connectivity index (χ1v) is 6.28. The summed E-state index contributed by atoms with van der Waals surface area (Å²) in [6.07, 6.45) is 3.96. The summed E-state index contributed by atoms with van der Waals surface area (Å²) < 4.78 is 10.4. The fourth-order valence-electron chi connectivity index (χ4n) is 1.96. The van der Waals surface area contributed by atoms with Crippen LogP contribution in [0.25, 0.3) is 0 Å². The molecule has 1 fully saturated rings. The molecule has 0 aromatic rings. The zero-order chi connectivity index (χ0) is 11.8. The van der Waals surface area contributed by atoms with Crippen molar-refractivity contribution in [1.29, 1.82) is 0 Å². The van der Waals surface area contributed by atoms with E-state index in [0.717, 1.165) is 32.3 Å². The van der Waals surface area contributed by atoms with Crippen LogP contribution in [-0.2, 0) is 14.3 Å². The van der Waals surface area contributed by atoms with E-state index in [1.54, 1.807) is 0 Å². The summed E-state index contributed by atoms with van der Waals surface area (Å²) in [7, 11) is 0. The van der Waals surface area contributed by atoms with Gasteiger partial charge < -0.3 is 9.47 Å². The minimum atomic E-state index is -0.170. The predicted molar refractivity (Wildman–Crippen MR) is 62.3 cm³/mol. The maximum absolute atomic E-state index is 11.7. The molecule has 0 radical (unpaired) electrons. The molecule has 0 saturated carbocycles. The van der Waals surface area contributed by atoms with Gasteiger partial charge in [-0.15, -0.1) is 0 Å². The second kappa shape index (κ2) is 7.63. The van der Waals surface area contributed by atoms with Gasteiger partial charge in [0.05, 0.1) is 13.2 Å². The summed E-state index contributed by atoms with van der Waals surface area (Å²) in [5.74, 6) is -0.130. The highest BCUT2D eigenvalue weighted by Crippen LogP contribution is 2.09. The predicted octanol–water partition coefficient (Wildman–Crippen LogP) is 1.49. The van der Waals surface area contributed by atoms with Crippen molar-refractivity contribution in [2.75, 3.05) is 19.8 Å². The van der Waals surface area contributed by atoms with Crippen LogP contribution < -0.4 is 5.32 Å². The highest BCUT2D eigenvalue weighted by Gasteiger charge is 2.23. The van der Waals surface area contributed by atoms with E-state index in [9.17, 15) is 4.79 Å². The van der Waals surface area contributed by atoms with Crippen molar-refractivity contribution >= 4 is 5.97 Å².